The number of carbonyl (C=O) groups is 1. The van der Waals surface area contributed by atoms with Gasteiger partial charge in [-0.15, -0.1) is 0 Å². The molecule has 1 aromatic heterocycles. The van der Waals surface area contributed by atoms with Gasteiger partial charge in [0.25, 0.3) is 5.91 Å². The van der Waals surface area contributed by atoms with E-state index in [9.17, 15) is 13.2 Å². The van der Waals surface area contributed by atoms with E-state index in [0.717, 1.165) is 4.70 Å². The standard InChI is InChI=1S/C26H26N2O7S2/c1-5-37(30,31)19-8-6-7-16(13-19)24(35-18-11-9-17(32-2)10-12-18)25(29)28-26-27-20-14-21(33-3)22(34-4)15-23(20)36-26/h6-15,24H,5H2,1-4H3,(H,27,28,29). The van der Waals surface area contributed by atoms with Gasteiger partial charge in [-0.1, -0.05) is 30.4 Å². The Labute approximate surface area is 218 Å². The predicted molar refractivity (Wildman–Crippen MR) is 142 cm³/mol. The number of benzene rings is 3. The van der Waals surface area contributed by atoms with Crippen molar-refractivity contribution in [1.82, 2.24) is 4.98 Å². The molecule has 11 heteroatoms. The third-order valence-electron chi connectivity index (χ3n) is 5.58. The van der Waals surface area contributed by atoms with Gasteiger partial charge in [0, 0.05) is 17.7 Å². The molecule has 0 aliphatic heterocycles. The van der Waals surface area contributed by atoms with E-state index >= 15 is 0 Å². The number of hydrogen-bond acceptors (Lipinski definition) is 9. The predicted octanol–water partition coefficient (Wildman–Crippen LogP) is 4.87. The van der Waals surface area contributed by atoms with Gasteiger partial charge in [0.15, 0.2) is 26.5 Å². The van der Waals surface area contributed by atoms with Crippen molar-refractivity contribution < 1.29 is 32.2 Å². The molecule has 0 bridgehead atoms. The molecule has 4 rings (SSSR count). The van der Waals surface area contributed by atoms with Crippen molar-refractivity contribution in [3.63, 3.8) is 0 Å². The fourth-order valence-corrected chi connectivity index (χ4v) is 5.39. The number of ether oxygens (including phenoxy) is 4. The summed E-state index contributed by atoms with van der Waals surface area (Å²) in [6.45, 7) is 1.57. The minimum atomic E-state index is -3.49. The summed E-state index contributed by atoms with van der Waals surface area (Å²) in [5.41, 5.74) is 1.01. The van der Waals surface area contributed by atoms with E-state index in [2.05, 4.69) is 10.3 Å². The van der Waals surface area contributed by atoms with Crippen LogP contribution in [0.3, 0.4) is 0 Å². The Bertz CT molecular complexity index is 1470. The van der Waals surface area contributed by atoms with Crippen LogP contribution in [-0.4, -0.2) is 46.4 Å². The number of sulfone groups is 1. The van der Waals surface area contributed by atoms with Crippen LogP contribution in [0.2, 0.25) is 0 Å². The lowest BCUT2D eigenvalue weighted by molar-refractivity contribution is -0.123. The first-order chi connectivity index (χ1) is 17.8. The van der Waals surface area contributed by atoms with E-state index < -0.39 is 21.8 Å². The maximum atomic E-state index is 13.5. The molecule has 0 saturated heterocycles. The zero-order valence-electron chi connectivity index (χ0n) is 20.7. The monoisotopic (exact) mass is 542 g/mol. The maximum Gasteiger partial charge on any atom is 0.271 e. The highest BCUT2D eigenvalue weighted by atomic mass is 32.2. The van der Waals surface area contributed by atoms with Crippen LogP contribution in [-0.2, 0) is 14.6 Å². The lowest BCUT2D eigenvalue weighted by Gasteiger charge is -2.19. The number of carbonyl (C=O) groups excluding carboxylic acids is 1. The molecule has 3 aromatic carbocycles. The fraction of sp³-hybridized carbons (Fsp3) is 0.231. The summed E-state index contributed by atoms with van der Waals surface area (Å²) in [5, 5.41) is 3.15. The van der Waals surface area contributed by atoms with Crippen LogP contribution in [0.1, 0.15) is 18.6 Å². The molecule has 1 atom stereocenters. The molecule has 4 aromatic rings. The Morgan fingerprint density at radius 3 is 2.27 bits per heavy atom. The number of aromatic nitrogens is 1. The highest BCUT2D eigenvalue weighted by Gasteiger charge is 2.26. The van der Waals surface area contributed by atoms with Crippen molar-refractivity contribution in [2.75, 3.05) is 32.4 Å². The first-order valence-corrected chi connectivity index (χ1v) is 13.7. The van der Waals surface area contributed by atoms with E-state index in [1.165, 1.54) is 30.6 Å². The van der Waals surface area contributed by atoms with Crippen LogP contribution < -0.4 is 24.3 Å². The van der Waals surface area contributed by atoms with Crippen LogP contribution in [0.25, 0.3) is 10.2 Å². The number of nitrogens with zero attached hydrogens (tertiary/aromatic N) is 1. The molecule has 194 valence electrons. The second-order valence-electron chi connectivity index (χ2n) is 7.83. The second kappa shape index (κ2) is 11.1. The third kappa shape index (κ3) is 5.78. The molecule has 0 aliphatic rings. The van der Waals surface area contributed by atoms with Crippen molar-refractivity contribution in [2.45, 2.75) is 17.9 Å². The number of anilines is 1. The second-order valence-corrected chi connectivity index (χ2v) is 11.1. The van der Waals surface area contributed by atoms with Crippen molar-refractivity contribution in [1.29, 1.82) is 0 Å². The van der Waals surface area contributed by atoms with Crippen LogP contribution in [0, 0.1) is 0 Å². The van der Waals surface area contributed by atoms with Gasteiger partial charge in [-0.3, -0.25) is 10.1 Å². The average molecular weight is 543 g/mol. The number of methoxy groups -OCH3 is 3. The Morgan fingerprint density at radius 1 is 0.946 bits per heavy atom. The van der Waals surface area contributed by atoms with E-state index in [0.29, 0.717) is 39.2 Å². The number of hydrogen-bond donors (Lipinski definition) is 1. The van der Waals surface area contributed by atoms with E-state index in [1.807, 2.05) is 0 Å². The average Bonchev–Trinajstić information content (AvgIpc) is 3.32. The normalized spacial score (nSPS) is 12.1. The Balaban J connectivity index is 1.69. The lowest BCUT2D eigenvalue weighted by atomic mass is 10.1. The topological polar surface area (TPSA) is 113 Å². The minimum absolute atomic E-state index is 0.0642. The quantitative estimate of drug-likeness (QED) is 0.302. The molecule has 0 aliphatic carbocycles. The fourth-order valence-electron chi connectivity index (χ4n) is 3.58. The molecule has 1 amide bonds. The number of thiazole rings is 1. The summed E-state index contributed by atoms with van der Waals surface area (Å²) < 4.78 is 47.7. The smallest absolute Gasteiger partial charge is 0.271 e. The highest BCUT2D eigenvalue weighted by molar-refractivity contribution is 7.91. The van der Waals surface area contributed by atoms with Gasteiger partial charge in [0.1, 0.15) is 11.5 Å². The van der Waals surface area contributed by atoms with Gasteiger partial charge >= 0.3 is 0 Å². The highest BCUT2D eigenvalue weighted by Crippen LogP contribution is 2.36. The summed E-state index contributed by atoms with van der Waals surface area (Å²) >= 11 is 1.26. The van der Waals surface area contributed by atoms with Crippen molar-refractivity contribution in [3.05, 3.63) is 66.2 Å². The van der Waals surface area contributed by atoms with Gasteiger partial charge in [-0.2, -0.15) is 0 Å². The minimum Gasteiger partial charge on any atom is -0.497 e. The van der Waals surface area contributed by atoms with Gasteiger partial charge in [-0.05, 0) is 36.4 Å². The van der Waals surface area contributed by atoms with Gasteiger partial charge in [0.05, 0.1) is 42.2 Å². The molecular formula is C26H26N2O7S2. The molecule has 37 heavy (non-hydrogen) atoms. The molecule has 1 unspecified atom stereocenters. The van der Waals surface area contributed by atoms with Crippen LogP contribution in [0.5, 0.6) is 23.0 Å². The molecule has 9 nitrogen and oxygen atoms in total. The number of rotatable bonds is 10. The third-order valence-corrected chi connectivity index (χ3v) is 8.24. The molecule has 0 saturated carbocycles. The van der Waals surface area contributed by atoms with Crippen LogP contribution in [0.15, 0.2) is 65.6 Å². The maximum absolute atomic E-state index is 13.5. The lowest BCUT2D eigenvalue weighted by Crippen LogP contribution is -2.26. The van der Waals surface area contributed by atoms with Crippen LogP contribution >= 0.6 is 11.3 Å². The first-order valence-electron chi connectivity index (χ1n) is 11.2. The number of nitrogens with one attached hydrogen (secondary N) is 1. The number of amides is 1. The summed E-state index contributed by atoms with van der Waals surface area (Å²) in [6.07, 6.45) is -1.16. The molecule has 0 fully saturated rings. The van der Waals surface area contributed by atoms with Gasteiger partial charge in [0.2, 0.25) is 6.10 Å². The summed E-state index contributed by atoms with van der Waals surface area (Å²) in [4.78, 5) is 18.1. The molecule has 0 radical (unpaired) electrons. The van der Waals surface area contributed by atoms with E-state index in [-0.39, 0.29) is 10.6 Å². The molecule has 1 heterocycles. The zero-order chi connectivity index (χ0) is 26.6. The number of fused-ring (bicyclic) bond motifs is 1. The van der Waals surface area contributed by atoms with Crippen LogP contribution in [0.4, 0.5) is 5.13 Å². The largest absolute Gasteiger partial charge is 0.497 e. The van der Waals surface area contributed by atoms with E-state index in [4.69, 9.17) is 18.9 Å². The SMILES string of the molecule is CCS(=O)(=O)c1cccc(C(Oc2ccc(OC)cc2)C(=O)Nc2nc3cc(OC)c(OC)cc3s2)c1. The Hall–Kier alpha value is -3.83. The van der Waals surface area contributed by atoms with Gasteiger partial charge < -0.3 is 18.9 Å². The summed E-state index contributed by atoms with van der Waals surface area (Å²) in [7, 11) is 1.14. The molecular weight excluding hydrogens is 516 g/mol. The Morgan fingerprint density at radius 2 is 1.62 bits per heavy atom. The van der Waals surface area contributed by atoms with Crippen molar-refractivity contribution in [2.24, 2.45) is 0 Å². The molecule has 1 N–H and O–H groups in total. The van der Waals surface area contributed by atoms with Crippen molar-refractivity contribution in [3.8, 4) is 23.0 Å². The summed E-state index contributed by atoms with van der Waals surface area (Å²) in [6, 6.07) is 16.5. The van der Waals surface area contributed by atoms with Crippen molar-refractivity contribution >= 4 is 42.4 Å². The van der Waals surface area contributed by atoms with Gasteiger partial charge in [-0.25, -0.2) is 13.4 Å². The summed E-state index contributed by atoms with van der Waals surface area (Å²) in [5.74, 6) is 1.53. The molecule has 0 spiro atoms. The zero-order valence-corrected chi connectivity index (χ0v) is 22.3. The Kier molecular flexibility index (Phi) is 7.84. The first kappa shape index (κ1) is 26.2. The van der Waals surface area contributed by atoms with E-state index in [1.54, 1.807) is 69.7 Å².